The molecule has 430 valence electrons. The van der Waals surface area contributed by atoms with Crippen molar-refractivity contribution in [1.29, 1.82) is 5.26 Å². The second kappa shape index (κ2) is 22.2. The van der Waals surface area contributed by atoms with Gasteiger partial charge in [0.1, 0.15) is 0 Å². The van der Waals surface area contributed by atoms with Gasteiger partial charge < -0.3 is 9.13 Å². The van der Waals surface area contributed by atoms with E-state index < -0.39 is 0 Å². The van der Waals surface area contributed by atoms with E-state index in [1.165, 1.54) is 66.8 Å². The SMILES string of the molecule is Cc1cc(C)cc(-c2ccc3c(c2)c2cc(-c4cc(C)cc(C)c4)ccc2n3-c2ccc(-c3nc(-c4ccccc4)nc(-c4ccccc4)n3)c(-c3cc(C#N)ccc3-n3c4ccc(-c5cc(C)cc(C)c5)cc4c4cc(-c5cc(C)cc(C)c5)ccc43)c2)c1. The lowest BCUT2D eigenvalue weighted by molar-refractivity contribution is 1.07. The Morgan fingerprint density at radius 1 is 0.267 bits per heavy atom. The number of rotatable bonds is 10. The number of nitriles is 1. The van der Waals surface area contributed by atoms with Gasteiger partial charge in [-0.05, 0) is 190 Å². The van der Waals surface area contributed by atoms with E-state index in [0.717, 1.165) is 105 Å². The molecule has 0 saturated carbocycles. The summed E-state index contributed by atoms with van der Waals surface area (Å²) in [7, 11) is 0. The van der Waals surface area contributed by atoms with E-state index in [1.54, 1.807) is 0 Å². The molecule has 15 aromatic rings. The van der Waals surface area contributed by atoms with Gasteiger partial charge in [0.05, 0.1) is 39.4 Å². The molecule has 0 fully saturated rings. The molecule has 12 aromatic carbocycles. The molecule has 0 saturated heterocycles. The van der Waals surface area contributed by atoms with E-state index in [9.17, 15) is 5.26 Å². The van der Waals surface area contributed by atoms with Crippen LogP contribution in [0.3, 0.4) is 0 Å². The highest BCUT2D eigenvalue weighted by atomic mass is 15.0. The average molecular weight is 1160 g/mol. The fraction of sp³-hybridized carbons (Fsp3) is 0.0952. The van der Waals surface area contributed by atoms with Crippen molar-refractivity contribution in [3.05, 3.63) is 293 Å². The van der Waals surface area contributed by atoms with E-state index in [0.29, 0.717) is 23.0 Å². The minimum absolute atomic E-state index is 0.509. The predicted molar refractivity (Wildman–Crippen MR) is 375 cm³/mol. The van der Waals surface area contributed by atoms with Gasteiger partial charge in [0.2, 0.25) is 0 Å². The number of hydrogen-bond donors (Lipinski definition) is 0. The molecule has 0 atom stereocenters. The highest BCUT2D eigenvalue weighted by molar-refractivity contribution is 6.14. The highest BCUT2D eigenvalue weighted by Crippen LogP contribution is 2.45. The molecule has 3 aromatic heterocycles. The van der Waals surface area contributed by atoms with Gasteiger partial charge in [-0.25, -0.2) is 15.0 Å². The molecule has 0 aliphatic carbocycles. The van der Waals surface area contributed by atoms with Gasteiger partial charge in [-0.3, -0.25) is 0 Å². The maximum absolute atomic E-state index is 11.1. The first kappa shape index (κ1) is 55.3. The molecule has 0 radical (unpaired) electrons. The number of aryl methyl sites for hydroxylation is 8. The molecule has 0 unspecified atom stereocenters. The van der Waals surface area contributed by atoms with Crippen molar-refractivity contribution in [1.82, 2.24) is 24.1 Å². The summed E-state index contributed by atoms with van der Waals surface area (Å²) in [5.41, 5.74) is 30.0. The lowest BCUT2D eigenvalue weighted by Gasteiger charge is -2.19. The Morgan fingerprint density at radius 2 is 0.622 bits per heavy atom. The normalized spacial score (nSPS) is 11.5. The van der Waals surface area contributed by atoms with Crippen molar-refractivity contribution in [3.8, 4) is 107 Å². The summed E-state index contributed by atoms with van der Waals surface area (Å²) in [6.45, 7) is 17.4. The average Bonchev–Trinajstić information content (AvgIpc) is 1.54. The van der Waals surface area contributed by atoms with E-state index >= 15 is 0 Å². The van der Waals surface area contributed by atoms with Crippen LogP contribution in [-0.2, 0) is 0 Å². The van der Waals surface area contributed by atoms with Crippen molar-refractivity contribution in [3.63, 3.8) is 0 Å². The minimum atomic E-state index is 0.509. The van der Waals surface area contributed by atoms with Crippen molar-refractivity contribution in [2.75, 3.05) is 0 Å². The zero-order valence-corrected chi connectivity index (χ0v) is 51.8. The number of fused-ring (bicyclic) bond motifs is 6. The third kappa shape index (κ3) is 10.1. The Labute approximate surface area is 525 Å². The van der Waals surface area contributed by atoms with E-state index in [2.05, 4.69) is 247 Å². The molecule has 15 rings (SSSR count). The van der Waals surface area contributed by atoms with Crippen LogP contribution in [0.5, 0.6) is 0 Å². The lowest BCUT2D eigenvalue weighted by Crippen LogP contribution is -2.04. The number of aromatic nitrogens is 5. The Kier molecular flexibility index (Phi) is 13.6. The zero-order chi connectivity index (χ0) is 61.5. The third-order valence-corrected chi connectivity index (χ3v) is 17.6. The molecule has 0 amide bonds. The van der Waals surface area contributed by atoms with Crippen molar-refractivity contribution in [2.24, 2.45) is 0 Å². The molecule has 0 spiro atoms. The molecule has 0 aliphatic rings. The number of benzene rings is 12. The van der Waals surface area contributed by atoms with Gasteiger partial charge >= 0.3 is 0 Å². The zero-order valence-electron chi connectivity index (χ0n) is 51.8. The molecular weight excluding hydrogens is 1090 g/mol. The second-order valence-corrected chi connectivity index (χ2v) is 24.7. The number of hydrogen-bond acceptors (Lipinski definition) is 4. The second-order valence-electron chi connectivity index (χ2n) is 24.7. The first-order valence-electron chi connectivity index (χ1n) is 30.8. The summed E-state index contributed by atoms with van der Waals surface area (Å²) in [5, 5.41) is 15.6. The van der Waals surface area contributed by atoms with Gasteiger partial charge in [0.25, 0.3) is 0 Å². The van der Waals surface area contributed by atoms with Crippen molar-refractivity contribution in [2.45, 2.75) is 55.4 Å². The topological polar surface area (TPSA) is 72.3 Å². The summed E-state index contributed by atoms with van der Waals surface area (Å²) >= 11 is 0. The standard InChI is InChI=1S/C84H64N6/c1-50-31-51(2)36-65(35-50)61-20-27-77-73(44-61)74-45-62(66-37-52(3)32-53(4)38-66)21-28-78(74)89(77)69-24-25-70(84-87-82(59-15-11-9-12-16-59)86-83(88-84)60-17-13-10-14-18-60)71(48-69)72-43-58(49-85)19-26-79(72)90-80-29-22-63(67-39-54(5)33-55(6)40-67)46-75(80)76-47-64(23-30-81(76)90)68-41-56(7)34-57(8)42-68/h9-48H,1-8H3. The third-order valence-electron chi connectivity index (χ3n) is 17.6. The maximum Gasteiger partial charge on any atom is 0.164 e. The highest BCUT2D eigenvalue weighted by Gasteiger charge is 2.25. The maximum atomic E-state index is 11.1. The summed E-state index contributed by atoms with van der Waals surface area (Å²) in [5.74, 6) is 1.63. The molecular formula is C84H64N6. The largest absolute Gasteiger partial charge is 0.309 e. The first-order valence-corrected chi connectivity index (χ1v) is 30.8. The summed E-state index contributed by atoms with van der Waals surface area (Å²) in [6.07, 6.45) is 0. The Morgan fingerprint density at radius 3 is 0.989 bits per heavy atom. The van der Waals surface area contributed by atoms with Crippen molar-refractivity contribution >= 4 is 43.6 Å². The van der Waals surface area contributed by atoms with Gasteiger partial charge in [-0.2, -0.15) is 5.26 Å². The Bertz CT molecular complexity index is 5110. The van der Waals surface area contributed by atoms with Crippen LogP contribution in [0.15, 0.2) is 243 Å². The van der Waals surface area contributed by atoms with Crippen LogP contribution >= 0.6 is 0 Å². The van der Waals surface area contributed by atoms with Gasteiger partial charge in [0.15, 0.2) is 17.5 Å². The van der Waals surface area contributed by atoms with Gasteiger partial charge in [0, 0.05) is 49.5 Å². The van der Waals surface area contributed by atoms with Gasteiger partial charge in [-0.1, -0.05) is 202 Å². The Balaban J connectivity index is 1.03. The molecule has 90 heavy (non-hydrogen) atoms. The quantitative estimate of drug-likeness (QED) is 0.137. The fourth-order valence-corrected chi connectivity index (χ4v) is 13.9. The van der Waals surface area contributed by atoms with Crippen LogP contribution in [0.1, 0.15) is 50.1 Å². The molecule has 6 nitrogen and oxygen atoms in total. The van der Waals surface area contributed by atoms with Crippen LogP contribution in [0.25, 0.3) is 145 Å². The molecule has 0 N–H and O–H groups in total. The minimum Gasteiger partial charge on any atom is -0.309 e. The molecule has 6 heteroatoms. The van der Waals surface area contributed by atoms with E-state index in [1.807, 2.05) is 66.7 Å². The Hall–Kier alpha value is -11.3. The first-order chi connectivity index (χ1) is 43.7. The van der Waals surface area contributed by atoms with E-state index in [4.69, 9.17) is 15.0 Å². The van der Waals surface area contributed by atoms with Crippen LogP contribution in [0.4, 0.5) is 0 Å². The summed E-state index contributed by atoms with van der Waals surface area (Å²) < 4.78 is 4.81. The smallest absolute Gasteiger partial charge is 0.164 e. The fourth-order valence-electron chi connectivity index (χ4n) is 13.9. The van der Waals surface area contributed by atoms with Crippen LogP contribution in [0, 0.1) is 66.7 Å². The van der Waals surface area contributed by atoms with Crippen molar-refractivity contribution < 1.29 is 0 Å². The van der Waals surface area contributed by atoms with E-state index in [-0.39, 0.29) is 0 Å². The lowest BCUT2D eigenvalue weighted by atomic mass is 9.94. The van der Waals surface area contributed by atoms with Crippen LogP contribution in [-0.4, -0.2) is 24.1 Å². The predicted octanol–water partition coefficient (Wildman–Crippen LogP) is 21.7. The monoisotopic (exact) mass is 1160 g/mol. The molecule has 3 heterocycles. The molecule has 0 aliphatic heterocycles. The van der Waals surface area contributed by atoms with Gasteiger partial charge in [-0.15, -0.1) is 0 Å². The van der Waals surface area contributed by atoms with Crippen LogP contribution in [0.2, 0.25) is 0 Å². The molecule has 0 bridgehead atoms. The number of nitrogens with zero attached hydrogens (tertiary/aromatic N) is 6. The van der Waals surface area contributed by atoms with Crippen LogP contribution < -0.4 is 0 Å². The summed E-state index contributed by atoms with van der Waals surface area (Å²) in [6, 6.07) is 90.5. The summed E-state index contributed by atoms with van der Waals surface area (Å²) in [4.78, 5) is 16.0.